The van der Waals surface area contributed by atoms with Crippen molar-refractivity contribution in [2.24, 2.45) is 0 Å². The van der Waals surface area contributed by atoms with Crippen LogP contribution in [-0.4, -0.2) is 57.6 Å². The van der Waals surface area contributed by atoms with Crippen LogP contribution in [-0.2, 0) is 32.6 Å². The second kappa shape index (κ2) is 14.4. The Kier molecular flexibility index (Phi) is 11.2. The molecule has 3 aromatic rings. The molecule has 11 heteroatoms. The molecule has 3 rings (SSSR count). The first-order valence-corrected chi connectivity index (χ1v) is 15.3. The number of hydrogen-bond donors (Lipinski definition) is 1. The summed E-state index contributed by atoms with van der Waals surface area (Å²) >= 11 is 12.4. The molecule has 0 saturated heterocycles. The molecule has 1 N–H and O–H groups in total. The van der Waals surface area contributed by atoms with Gasteiger partial charge in [0.05, 0.1) is 29.1 Å². The van der Waals surface area contributed by atoms with Crippen LogP contribution in [0, 0.1) is 0 Å². The molecule has 1 atom stereocenters. The molecular weight excluding hydrogens is 573 g/mol. The van der Waals surface area contributed by atoms with E-state index in [1.807, 2.05) is 37.3 Å². The zero-order valence-corrected chi connectivity index (χ0v) is 25.0. The van der Waals surface area contributed by atoms with Gasteiger partial charge in [-0.15, -0.1) is 0 Å². The number of halogens is 2. The minimum Gasteiger partial charge on any atom is -0.497 e. The molecule has 8 nitrogen and oxygen atoms in total. The Bertz CT molecular complexity index is 1420. The van der Waals surface area contributed by atoms with Crippen molar-refractivity contribution in [3.05, 3.63) is 94.0 Å². The maximum Gasteiger partial charge on any atom is 0.244 e. The maximum atomic E-state index is 14.0. The smallest absolute Gasteiger partial charge is 0.244 e. The first kappa shape index (κ1) is 31.3. The van der Waals surface area contributed by atoms with E-state index in [4.69, 9.17) is 27.9 Å². The normalized spacial score (nSPS) is 11.9. The van der Waals surface area contributed by atoms with Gasteiger partial charge in [0.15, 0.2) is 0 Å². The van der Waals surface area contributed by atoms with Crippen molar-refractivity contribution < 1.29 is 22.7 Å². The Morgan fingerprint density at radius 1 is 0.950 bits per heavy atom. The molecule has 0 aliphatic rings. The summed E-state index contributed by atoms with van der Waals surface area (Å²) in [7, 11) is -2.42. The van der Waals surface area contributed by atoms with Crippen molar-refractivity contribution in [1.82, 2.24) is 10.2 Å². The van der Waals surface area contributed by atoms with Gasteiger partial charge in [0.25, 0.3) is 0 Å². The van der Waals surface area contributed by atoms with Crippen LogP contribution in [0.3, 0.4) is 0 Å². The van der Waals surface area contributed by atoms with Crippen LogP contribution in [0.2, 0.25) is 10.0 Å². The zero-order chi connectivity index (χ0) is 29.3. The highest BCUT2D eigenvalue weighted by atomic mass is 35.5. The van der Waals surface area contributed by atoms with E-state index >= 15 is 0 Å². The Morgan fingerprint density at radius 3 is 2.30 bits per heavy atom. The quantitative estimate of drug-likeness (QED) is 0.298. The highest BCUT2D eigenvalue weighted by molar-refractivity contribution is 7.92. The van der Waals surface area contributed by atoms with Crippen LogP contribution in [0.25, 0.3) is 0 Å². The third kappa shape index (κ3) is 8.61. The SMILES string of the molecule is CCCNC(=O)[C@@H](Cc1ccccc1)N(Cc1ccc(Cl)c(Cl)c1)C(=O)CN(c1cccc(OC)c1)S(C)(=O)=O. The number of hydrogen-bond acceptors (Lipinski definition) is 5. The second-order valence-electron chi connectivity index (χ2n) is 9.24. The molecule has 0 unspecified atom stereocenters. The van der Waals surface area contributed by atoms with E-state index in [0.717, 1.165) is 16.1 Å². The number of rotatable bonds is 13. The second-order valence-corrected chi connectivity index (χ2v) is 12.0. The minimum atomic E-state index is -3.88. The number of carbonyl (C=O) groups excluding carboxylic acids is 2. The van der Waals surface area contributed by atoms with Crippen LogP contribution < -0.4 is 14.4 Å². The Balaban J connectivity index is 2.06. The minimum absolute atomic E-state index is 0.00246. The van der Waals surface area contributed by atoms with Crippen LogP contribution in [0.1, 0.15) is 24.5 Å². The van der Waals surface area contributed by atoms with Crippen molar-refractivity contribution in [1.29, 1.82) is 0 Å². The Hall–Kier alpha value is -3.27. The van der Waals surface area contributed by atoms with Gasteiger partial charge in [-0.1, -0.05) is 72.6 Å². The Labute approximate surface area is 245 Å². The third-order valence-corrected chi connectivity index (χ3v) is 8.06. The summed E-state index contributed by atoms with van der Waals surface area (Å²) in [4.78, 5) is 28.9. The standard InChI is InChI=1S/C29H33Cl2N3O5S/c1-4-15-32-29(36)27(17-21-9-6-5-7-10-21)33(19-22-13-14-25(30)26(31)16-22)28(35)20-34(40(3,37)38)23-11-8-12-24(18-23)39-2/h5-14,16,18,27H,4,15,17,19-20H2,1-3H3,(H,32,36)/t27-/m1/s1. The lowest BCUT2D eigenvalue weighted by Crippen LogP contribution is -2.53. The molecule has 214 valence electrons. The van der Waals surface area contributed by atoms with Crippen LogP contribution in [0.15, 0.2) is 72.8 Å². The molecule has 0 saturated carbocycles. The van der Waals surface area contributed by atoms with Crippen molar-refractivity contribution in [3.63, 3.8) is 0 Å². The van der Waals surface area contributed by atoms with Crippen molar-refractivity contribution >= 4 is 50.7 Å². The molecule has 0 radical (unpaired) electrons. The van der Waals surface area contributed by atoms with Gasteiger partial charge in [0.2, 0.25) is 21.8 Å². The van der Waals surface area contributed by atoms with E-state index in [2.05, 4.69) is 5.32 Å². The molecule has 0 spiro atoms. The number of nitrogens with zero attached hydrogens (tertiary/aromatic N) is 2. The lowest BCUT2D eigenvalue weighted by Gasteiger charge is -2.33. The number of anilines is 1. The topological polar surface area (TPSA) is 96.0 Å². The molecule has 40 heavy (non-hydrogen) atoms. The number of nitrogens with one attached hydrogen (secondary N) is 1. The van der Waals surface area contributed by atoms with Gasteiger partial charge in [-0.3, -0.25) is 13.9 Å². The molecule has 0 aliphatic carbocycles. The lowest BCUT2D eigenvalue weighted by atomic mass is 10.0. The molecule has 3 aromatic carbocycles. The van der Waals surface area contributed by atoms with Crippen LogP contribution >= 0.6 is 23.2 Å². The van der Waals surface area contributed by atoms with E-state index in [1.54, 1.807) is 36.4 Å². The van der Waals surface area contributed by atoms with Gasteiger partial charge in [-0.25, -0.2) is 8.42 Å². The fourth-order valence-corrected chi connectivity index (χ4v) is 5.30. The van der Waals surface area contributed by atoms with Gasteiger partial charge in [-0.05, 0) is 41.8 Å². The van der Waals surface area contributed by atoms with Gasteiger partial charge >= 0.3 is 0 Å². The summed E-state index contributed by atoms with van der Waals surface area (Å²) < 4.78 is 32.0. The molecule has 0 fully saturated rings. The first-order valence-electron chi connectivity index (χ1n) is 12.7. The predicted octanol–water partition coefficient (Wildman–Crippen LogP) is 4.93. The highest BCUT2D eigenvalue weighted by Gasteiger charge is 2.33. The summed E-state index contributed by atoms with van der Waals surface area (Å²) in [5, 5.41) is 3.55. The van der Waals surface area contributed by atoms with E-state index in [9.17, 15) is 18.0 Å². The summed E-state index contributed by atoms with van der Waals surface area (Å²) in [6.07, 6.45) is 1.96. The van der Waals surface area contributed by atoms with E-state index in [-0.39, 0.29) is 24.6 Å². The monoisotopic (exact) mass is 605 g/mol. The number of amides is 2. The first-order chi connectivity index (χ1) is 19.0. The zero-order valence-electron chi connectivity index (χ0n) is 22.6. The van der Waals surface area contributed by atoms with Gasteiger partial charge in [0, 0.05) is 25.6 Å². The van der Waals surface area contributed by atoms with Crippen molar-refractivity contribution in [3.8, 4) is 5.75 Å². The summed E-state index contributed by atoms with van der Waals surface area (Å²) in [5.41, 5.74) is 1.75. The molecule has 0 bridgehead atoms. The molecule has 0 heterocycles. The molecule has 0 aromatic heterocycles. The van der Waals surface area contributed by atoms with Gasteiger partial charge in [0.1, 0.15) is 18.3 Å². The summed E-state index contributed by atoms with van der Waals surface area (Å²) in [6, 6.07) is 19.8. The Morgan fingerprint density at radius 2 is 1.68 bits per heavy atom. The van der Waals surface area contributed by atoms with Crippen molar-refractivity contribution in [2.75, 3.05) is 30.8 Å². The van der Waals surface area contributed by atoms with Crippen LogP contribution in [0.5, 0.6) is 5.75 Å². The average Bonchev–Trinajstić information content (AvgIpc) is 2.94. The number of methoxy groups -OCH3 is 1. The largest absolute Gasteiger partial charge is 0.497 e. The fraction of sp³-hybridized carbons (Fsp3) is 0.310. The fourth-order valence-electron chi connectivity index (χ4n) is 4.13. The highest BCUT2D eigenvalue weighted by Crippen LogP contribution is 2.26. The molecular formula is C29H33Cl2N3O5S. The summed E-state index contributed by atoms with van der Waals surface area (Å²) in [6.45, 7) is 1.84. The maximum absolute atomic E-state index is 14.0. The number of benzene rings is 3. The van der Waals surface area contributed by atoms with Crippen LogP contribution in [0.4, 0.5) is 5.69 Å². The number of sulfonamides is 1. The average molecular weight is 607 g/mol. The molecule has 2 amide bonds. The van der Waals surface area contributed by atoms with E-state index in [0.29, 0.717) is 34.3 Å². The van der Waals surface area contributed by atoms with Gasteiger partial charge in [-0.2, -0.15) is 0 Å². The van der Waals surface area contributed by atoms with Crippen molar-refractivity contribution in [2.45, 2.75) is 32.4 Å². The van der Waals surface area contributed by atoms with E-state index in [1.165, 1.54) is 18.1 Å². The predicted molar refractivity (Wildman–Crippen MR) is 159 cm³/mol. The van der Waals surface area contributed by atoms with Gasteiger partial charge < -0.3 is 15.0 Å². The van der Waals surface area contributed by atoms with E-state index < -0.39 is 28.5 Å². The molecule has 0 aliphatic heterocycles. The lowest BCUT2D eigenvalue weighted by molar-refractivity contribution is -0.140. The number of carbonyl (C=O) groups is 2. The summed E-state index contributed by atoms with van der Waals surface area (Å²) in [5.74, 6) is -0.467. The number of ether oxygens (including phenoxy) is 1. The third-order valence-electron chi connectivity index (χ3n) is 6.18.